The molecule has 190 valence electrons. The van der Waals surface area contributed by atoms with E-state index in [4.69, 9.17) is 16.3 Å². The maximum absolute atomic E-state index is 13.6. The zero-order chi connectivity index (χ0) is 26.0. The number of hydrogen-bond donors (Lipinski definition) is 1. The fourth-order valence-electron chi connectivity index (χ4n) is 3.91. The van der Waals surface area contributed by atoms with Gasteiger partial charge in [-0.2, -0.15) is 0 Å². The average molecular weight is 507 g/mol. The molecule has 36 heavy (non-hydrogen) atoms. The summed E-state index contributed by atoms with van der Waals surface area (Å²) < 4.78 is 5.77. The second-order valence-electron chi connectivity index (χ2n) is 9.86. The molecule has 0 radical (unpaired) electrons. The summed E-state index contributed by atoms with van der Waals surface area (Å²) in [6.07, 6.45) is 1.22. The summed E-state index contributed by atoms with van der Waals surface area (Å²) in [5, 5.41) is 3.67. The SMILES string of the molecule is CC(C)(C)NC(=O)C(Cc1ccccc1)N(Cc1cccc(Cl)c1)C(=O)CCCOc1ccccc1. The summed E-state index contributed by atoms with van der Waals surface area (Å²) >= 11 is 6.23. The van der Waals surface area contributed by atoms with Crippen LogP contribution in [-0.2, 0) is 22.6 Å². The molecule has 3 rings (SSSR count). The lowest BCUT2D eigenvalue weighted by atomic mass is 10.00. The fourth-order valence-corrected chi connectivity index (χ4v) is 4.13. The van der Waals surface area contributed by atoms with Gasteiger partial charge < -0.3 is 15.0 Å². The molecule has 6 heteroatoms. The lowest BCUT2D eigenvalue weighted by molar-refractivity contribution is -0.142. The van der Waals surface area contributed by atoms with Crippen LogP contribution in [0.1, 0.15) is 44.7 Å². The molecule has 0 aliphatic carbocycles. The topological polar surface area (TPSA) is 58.6 Å². The van der Waals surface area contributed by atoms with Crippen molar-refractivity contribution in [3.05, 3.63) is 101 Å². The van der Waals surface area contributed by atoms with E-state index < -0.39 is 11.6 Å². The Balaban J connectivity index is 1.82. The molecule has 3 aromatic carbocycles. The zero-order valence-corrected chi connectivity index (χ0v) is 22.0. The first-order valence-electron chi connectivity index (χ1n) is 12.3. The van der Waals surface area contributed by atoms with E-state index in [-0.39, 0.29) is 24.8 Å². The Kier molecular flexibility index (Phi) is 9.95. The van der Waals surface area contributed by atoms with Gasteiger partial charge in [0, 0.05) is 29.9 Å². The highest BCUT2D eigenvalue weighted by atomic mass is 35.5. The van der Waals surface area contributed by atoms with Gasteiger partial charge >= 0.3 is 0 Å². The second kappa shape index (κ2) is 13.1. The third-order valence-corrected chi connectivity index (χ3v) is 5.79. The molecule has 0 aliphatic heterocycles. The minimum Gasteiger partial charge on any atom is -0.494 e. The van der Waals surface area contributed by atoms with Gasteiger partial charge in [-0.05, 0) is 62.6 Å². The quantitative estimate of drug-likeness (QED) is 0.322. The van der Waals surface area contributed by atoms with Crippen molar-refractivity contribution < 1.29 is 14.3 Å². The summed E-state index contributed by atoms with van der Waals surface area (Å²) in [5.41, 5.74) is 1.43. The third kappa shape index (κ3) is 9.04. The van der Waals surface area contributed by atoms with E-state index in [0.717, 1.165) is 16.9 Å². The number of nitrogens with zero attached hydrogens (tertiary/aromatic N) is 1. The van der Waals surface area contributed by atoms with Crippen molar-refractivity contribution in [3.8, 4) is 5.75 Å². The van der Waals surface area contributed by atoms with Crippen LogP contribution in [0.4, 0.5) is 0 Å². The number of benzene rings is 3. The first-order valence-corrected chi connectivity index (χ1v) is 12.7. The maximum Gasteiger partial charge on any atom is 0.243 e. The lowest BCUT2D eigenvalue weighted by Crippen LogP contribution is -2.54. The minimum absolute atomic E-state index is 0.100. The van der Waals surface area contributed by atoms with Gasteiger partial charge in [-0.3, -0.25) is 9.59 Å². The molecule has 0 spiro atoms. The van der Waals surface area contributed by atoms with Crippen molar-refractivity contribution in [1.82, 2.24) is 10.2 Å². The highest BCUT2D eigenvalue weighted by Crippen LogP contribution is 2.19. The smallest absolute Gasteiger partial charge is 0.243 e. The highest BCUT2D eigenvalue weighted by molar-refractivity contribution is 6.30. The number of carbonyl (C=O) groups is 2. The van der Waals surface area contributed by atoms with Gasteiger partial charge in [-0.15, -0.1) is 0 Å². The van der Waals surface area contributed by atoms with Crippen molar-refractivity contribution in [2.24, 2.45) is 0 Å². The van der Waals surface area contributed by atoms with Gasteiger partial charge in [0.25, 0.3) is 0 Å². The second-order valence-corrected chi connectivity index (χ2v) is 10.3. The molecule has 0 saturated carbocycles. The summed E-state index contributed by atoms with van der Waals surface area (Å²) in [5.74, 6) is 0.492. The van der Waals surface area contributed by atoms with Crippen molar-refractivity contribution in [3.63, 3.8) is 0 Å². The molecular formula is C30H35ClN2O3. The standard InChI is InChI=1S/C30H35ClN2O3/c1-30(2,3)32-29(35)27(21-23-12-6-4-7-13-23)33(22-24-14-10-15-25(31)20-24)28(34)18-11-19-36-26-16-8-5-9-17-26/h4-10,12-17,20,27H,11,18-19,21-22H2,1-3H3,(H,32,35). The van der Waals surface area contributed by atoms with Crippen LogP contribution in [0.3, 0.4) is 0 Å². The van der Waals surface area contributed by atoms with Crippen molar-refractivity contribution in [2.75, 3.05) is 6.61 Å². The van der Waals surface area contributed by atoms with Crippen LogP contribution in [0.25, 0.3) is 0 Å². The molecule has 0 heterocycles. The van der Waals surface area contributed by atoms with Gasteiger partial charge in [-0.25, -0.2) is 0 Å². The number of para-hydroxylation sites is 1. The Morgan fingerprint density at radius 2 is 1.56 bits per heavy atom. The average Bonchev–Trinajstić information content (AvgIpc) is 2.84. The van der Waals surface area contributed by atoms with Gasteiger partial charge in [0.2, 0.25) is 11.8 Å². The van der Waals surface area contributed by atoms with Crippen molar-refractivity contribution in [1.29, 1.82) is 0 Å². The van der Waals surface area contributed by atoms with Crippen LogP contribution in [0.2, 0.25) is 5.02 Å². The Hall–Kier alpha value is -3.31. The number of carbonyl (C=O) groups excluding carboxylic acids is 2. The molecule has 2 amide bonds. The van der Waals surface area contributed by atoms with Gasteiger partial charge in [-0.1, -0.05) is 72.3 Å². The Morgan fingerprint density at radius 3 is 2.19 bits per heavy atom. The molecule has 0 fully saturated rings. The number of nitrogens with one attached hydrogen (secondary N) is 1. The number of hydrogen-bond acceptors (Lipinski definition) is 3. The van der Waals surface area contributed by atoms with E-state index in [1.807, 2.05) is 99.6 Å². The van der Waals surface area contributed by atoms with Crippen LogP contribution in [0.5, 0.6) is 5.75 Å². The Bertz CT molecular complexity index is 1110. The number of amides is 2. The molecule has 1 unspecified atom stereocenters. The Labute approximate surface area is 219 Å². The lowest BCUT2D eigenvalue weighted by Gasteiger charge is -2.34. The van der Waals surface area contributed by atoms with E-state index in [2.05, 4.69) is 5.32 Å². The molecule has 0 aromatic heterocycles. The minimum atomic E-state index is -0.673. The first kappa shape index (κ1) is 27.3. The predicted molar refractivity (Wildman–Crippen MR) is 145 cm³/mol. The van der Waals surface area contributed by atoms with E-state index >= 15 is 0 Å². The molecule has 3 aromatic rings. The van der Waals surface area contributed by atoms with Gasteiger partial charge in [0.05, 0.1) is 6.61 Å². The molecule has 1 N–H and O–H groups in total. The van der Waals surface area contributed by atoms with Crippen LogP contribution in [0.15, 0.2) is 84.9 Å². The van der Waals surface area contributed by atoms with Crippen molar-refractivity contribution >= 4 is 23.4 Å². The normalized spacial score (nSPS) is 12.0. The predicted octanol–water partition coefficient (Wildman–Crippen LogP) is 6.05. The summed E-state index contributed by atoms with van der Waals surface area (Å²) in [4.78, 5) is 28.8. The summed E-state index contributed by atoms with van der Waals surface area (Å²) in [6.45, 7) is 6.52. The molecule has 0 aliphatic rings. The van der Waals surface area contributed by atoms with Crippen LogP contribution >= 0.6 is 11.6 Å². The monoisotopic (exact) mass is 506 g/mol. The molecule has 1 atom stereocenters. The summed E-state index contributed by atoms with van der Waals surface area (Å²) in [6, 6.07) is 26.1. The van der Waals surface area contributed by atoms with Crippen LogP contribution in [-0.4, -0.2) is 34.9 Å². The number of halogens is 1. The third-order valence-electron chi connectivity index (χ3n) is 5.56. The van der Waals surface area contributed by atoms with Crippen LogP contribution in [0, 0.1) is 0 Å². The maximum atomic E-state index is 13.6. The molecule has 0 bridgehead atoms. The zero-order valence-electron chi connectivity index (χ0n) is 21.2. The van der Waals surface area contributed by atoms with Gasteiger partial charge in [0.15, 0.2) is 0 Å². The number of rotatable bonds is 11. The largest absolute Gasteiger partial charge is 0.494 e. The summed E-state index contributed by atoms with van der Waals surface area (Å²) in [7, 11) is 0. The highest BCUT2D eigenvalue weighted by Gasteiger charge is 2.32. The van der Waals surface area contributed by atoms with Crippen molar-refractivity contribution in [2.45, 2.75) is 58.2 Å². The van der Waals surface area contributed by atoms with Gasteiger partial charge in [0.1, 0.15) is 11.8 Å². The molecular weight excluding hydrogens is 472 g/mol. The molecule has 0 saturated heterocycles. The fraction of sp³-hybridized carbons (Fsp3) is 0.333. The van der Waals surface area contributed by atoms with E-state index in [1.165, 1.54) is 0 Å². The number of ether oxygens (including phenoxy) is 1. The van der Waals surface area contributed by atoms with E-state index in [1.54, 1.807) is 11.0 Å². The van der Waals surface area contributed by atoms with E-state index in [0.29, 0.717) is 24.5 Å². The van der Waals surface area contributed by atoms with Crippen LogP contribution < -0.4 is 10.1 Å². The van der Waals surface area contributed by atoms with E-state index in [9.17, 15) is 9.59 Å². The first-order chi connectivity index (χ1) is 17.2. The Morgan fingerprint density at radius 1 is 0.917 bits per heavy atom. The molecule has 5 nitrogen and oxygen atoms in total.